The van der Waals surface area contributed by atoms with E-state index in [2.05, 4.69) is 15.3 Å². The van der Waals surface area contributed by atoms with Gasteiger partial charge in [-0.05, 0) is 24.5 Å². The van der Waals surface area contributed by atoms with Crippen LogP contribution in [-0.2, 0) is 6.54 Å². The van der Waals surface area contributed by atoms with Gasteiger partial charge in [0, 0.05) is 23.6 Å². The first-order valence-corrected chi connectivity index (χ1v) is 7.15. The van der Waals surface area contributed by atoms with E-state index in [4.69, 9.17) is 11.6 Å². The number of benzene rings is 1. The molecule has 0 saturated heterocycles. The third-order valence-corrected chi connectivity index (χ3v) is 3.72. The van der Waals surface area contributed by atoms with Crippen LogP contribution < -0.4 is 5.32 Å². The molecule has 0 amide bonds. The Morgan fingerprint density at radius 3 is 2.67 bits per heavy atom. The fourth-order valence-electron chi connectivity index (χ4n) is 2.04. The van der Waals surface area contributed by atoms with E-state index in [1.807, 2.05) is 18.2 Å². The van der Waals surface area contributed by atoms with Crippen LogP contribution >= 0.6 is 11.6 Å². The second-order valence-corrected chi connectivity index (χ2v) is 5.46. The lowest BCUT2D eigenvalue weighted by atomic mass is 10.2. The smallest absolute Gasteiger partial charge is 0.280 e. The molecule has 3 rings (SSSR count). The Morgan fingerprint density at radius 2 is 2.00 bits per heavy atom. The summed E-state index contributed by atoms with van der Waals surface area (Å²) < 4.78 is 25.8. The molecule has 110 valence electrons. The summed E-state index contributed by atoms with van der Waals surface area (Å²) in [6.45, 7) is 0.434. The molecule has 6 heteroatoms. The molecular weight excluding hydrogens is 296 g/mol. The van der Waals surface area contributed by atoms with Gasteiger partial charge in [0.05, 0.1) is 0 Å². The first kappa shape index (κ1) is 14.2. The van der Waals surface area contributed by atoms with Crippen LogP contribution in [0.15, 0.2) is 30.3 Å². The highest BCUT2D eigenvalue weighted by Crippen LogP contribution is 2.39. The standard InChI is InChI=1S/C15H14ClF2N3/c16-11-4-2-1-3-10(11)8-19-13-7-12(14(17)18)20-15(21-13)9-5-6-9/h1-4,7,9,14H,5-6,8H2,(H,19,20,21). The number of anilines is 1. The molecule has 0 radical (unpaired) electrons. The number of nitrogens with one attached hydrogen (secondary N) is 1. The highest BCUT2D eigenvalue weighted by Gasteiger charge is 2.28. The van der Waals surface area contributed by atoms with E-state index in [0.717, 1.165) is 18.4 Å². The zero-order chi connectivity index (χ0) is 14.8. The van der Waals surface area contributed by atoms with Crippen molar-refractivity contribution in [2.45, 2.75) is 31.7 Å². The molecule has 0 spiro atoms. The summed E-state index contributed by atoms with van der Waals surface area (Å²) in [5.74, 6) is 1.15. The number of hydrogen-bond donors (Lipinski definition) is 1. The van der Waals surface area contributed by atoms with Gasteiger partial charge >= 0.3 is 0 Å². The van der Waals surface area contributed by atoms with Crippen LogP contribution in [0.5, 0.6) is 0 Å². The maximum absolute atomic E-state index is 12.9. The number of rotatable bonds is 5. The van der Waals surface area contributed by atoms with Crippen molar-refractivity contribution in [1.82, 2.24) is 9.97 Å². The van der Waals surface area contributed by atoms with Gasteiger partial charge in [-0.2, -0.15) is 0 Å². The minimum absolute atomic E-state index is 0.226. The van der Waals surface area contributed by atoms with Gasteiger partial charge in [-0.1, -0.05) is 29.8 Å². The van der Waals surface area contributed by atoms with Crippen LogP contribution in [0, 0.1) is 0 Å². The zero-order valence-corrected chi connectivity index (χ0v) is 11.9. The molecule has 1 aliphatic carbocycles. The molecule has 0 aliphatic heterocycles. The van der Waals surface area contributed by atoms with E-state index in [1.54, 1.807) is 6.07 Å². The van der Waals surface area contributed by atoms with Crippen LogP contribution in [0.25, 0.3) is 0 Å². The molecule has 1 saturated carbocycles. The maximum Gasteiger partial charge on any atom is 0.280 e. The predicted octanol–water partition coefficient (Wildman–Crippen LogP) is 4.56. The monoisotopic (exact) mass is 309 g/mol. The summed E-state index contributed by atoms with van der Waals surface area (Å²) in [4.78, 5) is 8.26. The van der Waals surface area contributed by atoms with Crippen molar-refractivity contribution in [1.29, 1.82) is 0 Å². The fraction of sp³-hybridized carbons (Fsp3) is 0.333. The number of aromatic nitrogens is 2. The molecular formula is C15H14ClF2N3. The third-order valence-electron chi connectivity index (χ3n) is 3.35. The number of alkyl halides is 2. The molecule has 0 atom stereocenters. The average Bonchev–Trinajstić information content (AvgIpc) is 3.31. The van der Waals surface area contributed by atoms with Crippen molar-refractivity contribution in [2.75, 3.05) is 5.32 Å². The highest BCUT2D eigenvalue weighted by atomic mass is 35.5. The molecule has 1 aromatic heterocycles. The molecule has 2 aromatic rings. The fourth-order valence-corrected chi connectivity index (χ4v) is 2.24. The first-order chi connectivity index (χ1) is 10.1. The number of hydrogen-bond acceptors (Lipinski definition) is 3. The quantitative estimate of drug-likeness (QED) is 0.880. The van der Waals surface area contributed by atoms with Gasteiger partial charge in [0.1, 0.15) is 17.3 Å². The van der Waals surface area contributed by atoms with Crippen molar-refractivity contribution < 1.29 is 8.78 Å². The van der Waals surface area contributed by atoms with Crippen LogP contribution in [-0.4, -0.2) is 9.97 Å². The van der Waals surface area contributed by atoms with Crippen molar-refractivity contribution in [3.63, 3.8) is 0 Å². The summed E-state index contributed by atoms with van der Waals surface area (Å²) in [6.07, 6.45) is -0.654. The normalized spacial score (nSPS) is 14.5. The van der Waals surface area contributed by atoms with Gasteiger partial charge in [0.2, 0.25) is 0 Å². The number of nitrogens with zero attached hydrogens (tertiary/aromatic N) is 2. The van der Waals surface area contributed by atoms with Gasteiger partial charge < -0.3 is 5.32 Å². The van der Waals surface area contributed by atoms with Crippen LogP contribution in [0.4, 0.5) is 14.6 Å². The zero-order valence-electron chi connectivity index (χ0n) is 11.2. The van der Waals surface area contributed by atoms with Gasteiger partial charge in [0.25, 0.3) is 6.43 Å². The summed E-state index contributed by atoms with van der Waals surface area (Å²) in [6, 6.07) is 8.69. The Labute approximate surface area is 126 Å². The second-order valence-electron chi connectivity index (χ2n) is 5.06. The largest absolute Gasteiger partial charge is 0.366 e. The first-order valence-electron chi connectivity index (χ1n) is 6.78. The van der Waals surface area contributed by atoms with Crippen molar-refractivity contribution in [2.24, 2.45) is 0 Å². The Balaban J connectivity index is 1.79. The minimum Gasteiger partial charge on any atom is -0.366 e. The molecule has 1 heterocycles. The van der Waals surface area contributed by atoms with E-state index in [0.29, 0.717) is 23.2 Å². The molecule has 1 N–H and O–H groups in total. The van der Waals surface area contributed by atoms with E-state index >= 15 is 0 Å². The van der Waals surface area contributed by atoms with E-state index < -0.39 is 6.43 Å². The van der Waals surface area contributed by atoms with E-state index in [-0.39, 0.29) is 11.6 Å². The molecule has 3 nitrogen and oxygen atoms in total. The Bertz CT molecular complexity index is 624. The average molecular weight is 310 g/mol. The lowest BCUT2D eigenvalue weighted by Gasteiger charge is -2.10. The van der Waals surface area contributed by atoms with E-state index in [9.17, 15) is 8.78 Å². The predicted molar refractivity (Wildman–Crippen MR) is 77.7 cm³/mol. The molecule has 21 heavy (non-hydrogen) atoms. The lowest BCUT2D eigenvalue weighted by Crippen LogP contribution is -2.07. The van der Waals surface area contributed by atoms with E-state index in [1.165, 1.54) is 6.07 Å². The third kappa shape index (κ3) is 3.47. The minimum atomic E-state index is -2.59. The second kappa shape index (κ2) is 5.93. The summed E-state index contributed by atoms with van der Waals surface area (Å²) in [5.41, 5.74) is 0.665. The summed E-state index contributed by atoms with van der Waals surface area (Å²) >= 11 is 6.07. The van der Waals surface area contributed by atoms with Gasteiger partial charge in [-0.3, -0.25) is 0 Å². The molecule has 1 aliphatic rings. The molecule has 1 fully saturated rings. The van der Waals surface area contributed by atoms with Gasteiger partial charge in [-0.25, -0.2) is 18.7 Å². The SMILES string of the molecule is FC(F)c1cc(NCc2ccccc2Cl)nc(C2CC2)n1. The van der Waals surface area contributed by atoms with Crippen molar-refractivity contribution >= 4 is 17.4 Å². The topological polar surface area (TPSA) is 37.8 Å². The van der Waals surface area contributed by atoms with Crippen LogP contribution in [0.2, 0.25) is 5.02 Å². The van der Waals surface area contributed by atoms with Crippen LogP contribution in [0.1, 0.15) is 42.3 Å². The van der Waals surface area contributed by atoms with Gasteiger partial charge in [0.15, 0.2) is 0 Å². The highest BCUT2D eigenvalue weighted by molar-refractivity contribution is 6.31. The molecule has 0 unspecified atom stereocenters. The maximum atomic E-state index is 12.9. The number of halogens is 3. The van der Waals surface area contributed by atoms with Crippen LogP contribution in [0.3, 0.4) is 0 Å². The lowest BCUT2D eigenvalue weighted by molar-refractivity contribution is 0.145. The Morgan fingerprint density at radius 1 is 1.24 bits per heavy atom. The summed E-state index contributed by atoms with van der Waals surface area (Å²) in [7, 11) is 0. The summed E-state index contributed by atoms with van der Waals surface area (Å²) in [5, 5.41) is 3.69. The van der Waals surface area contributed by atoms with Gasteiger partial charge in [-0.15, -0.1) is 0 Å². The molecule has 1 aromatic carbocycles. The molecule has 0 bridgehead atoms. The Kier molecular flexibility index (Phi) is 4.01. The Hall–Kier alpha value is -1.75. The van der Waals surface area contributed by atoms with Crippen molar-refractivity contribution in [3.05, 3.63) is 52.4 Å². The van der Waals surface area contributed by atoms with Crippen molar-refractivity contribution in [3.8, 4) is 0 Å².